The number of aryl methyl sites for hydroxylation is 2. The van der Waals surface area contributed by atoms with Crippen LogP contribution in [-0.2, 0) is 4.79 Å². The first kappa shape index (κ1) is 18.9. The molecule has 1 fully saturated rings. The molecule has 1 aliphatic rings. The van der Waals surface area contributed by atoms with E-state index in [1.54, 1.807) is 0 Å². The molecule has 2 unspecified atom stereocenters. The predicted octanol–water partition coefficient (Wildman–Crippen LogP) is 2.72. The van der Waals surface area contributed by atoms with Crippen molar-refractivity contribution < 1.29 is 4.79 Å². The molecule has 0 spiro atoms. The zero-order valence-corrected chi connectivity index (χ0v) is 14.6. The topological polar surface area (TPSA) is 58.4 Å². The number of likely N-dealkylation sites (tertiary alicyclic amines) is 1. The van der Waals surface area contributed by atoms with Crippen LogP contribution in [0.4, 0.5) is 5.69 Å². The second-order valence-corrected chi connectivity index (χ2v) is 6.31. The number of nitrogens with two attached hydrogens (primary N) is 1. The molecule has 22 heavy (non-hydrogen) atoms. The minimum atomic E-state index is 0. The minimum Gasteiger partial charge on any atom is -0.328 e. The molecule has 1 aliphatic heterocycles. The molecule has 0 aromatic heterocycles. The van der Waals surface area contributed by atoms with Crippen molar-refractivity contribution in [1.29, 1.82) is 0 Å². The molecule has 0 aliphatic carbocycles. The Labute approximate surface area is 139 Å². The summed E-state index contributed by atoms with van der Waals surface area (Å²) in [5, 5.41) is 3.06. The second-order valence-electron chi connectivity index (χ2n) is 6.31. The van der Waals surface area contributed by atoms with E-state index in [4.69, 9.17) is 5.73 Å². The third kappa shape index (κ3) is 4.97. The lowest BCUT2D eigenvalue weighted by Gasteiger charge is -2.34. The van der Waals surface area contributed by atoms with E-state index >= 15 is 0 Å². The first-order valence-electron chi connectivity index (χ1n) is 7.81. The van der Waals surface area contributed by atoms with Crippen LogP contribution in [0.3, 0.4) is 0 Å². The molecular weight excluding hydrogens is 298 g/mol. The van der Waals surface area contributed by atoms with E-state index in [0.717, 1.165) is 36.3 Å². The maximum Gasteiger partial charge on any atom is 0.238 e. The third-order valence-corrected chi connectivity index (χ3v) is 4.40. The Bertz CT molecular complexity index is 484. The van der Waals surface area contributed by atoms with Gasteiger partial charge in [0.05, 0.1) is 6.54 Å². The van der Waals surface area contributed by atoms with E-state index in [-0.39, 0.29) is 24.4 Å². The van der Waals surface area contributed by atoms with Gasteiger partial charge in [-0.2, -0.15) is 0 Å². The van der Waals surface area contributed by atoms with Crippen LogP contribution in [0.2, 0.25) is 0 Å². The van der Waals surface area contributed by atoms with Gasteiger partial charge in [0.1, 0.15) is 0 Å². The van der Waals surface area contributed by atoms with Crippen LogP contribution in [-0.4, -0.2) is 36.5 Å². The summed E-state index contributed by atoms with van der Waals surface area (Å²) in [5.41, 5.74) is 9.16. The number of anilines is 1. The first-order valence-corrected chi connectivity index (χ1v) is 7.81. The Hall–Kier alpha value is -1.10. The van der Waals surface area contributed by atoms with Gasteiger partial charge in [-0.15, -0.1) is 12.4 Å². The normalized spacial score (nSPS) is 20.1. The number of rotatable bonds is 4. The fourth-order valence-corrected chi connectivity index (χ4v) is 3.06. The van der Waals surface area contributed by atoms with Crippen molar-refractivity contribution in [2.45, 2.75) is 39.7 Å². The van der Waals surface area contributed by atoms with E-state index in [1.165, 1.54) is 6.42 Å². The van der Waals surface area contributed by atoms with Crippen LogP contribution in [0.5, 0.6) is 0 Å². The summed E-state index contributed by atoms with van der Waals surface area (Å²) >= 11 is 0. The molecule has 4 nitrogen and oxygen atoms in total. The number of benzene rings is 1. The van der Waals surface area contributed by atoms with Crippen molar-refractivity contribution in [2.24, 2.45) is 11.7 Å². The van der Waals surface area contributed by atoms with E-state index in [1.807, 2.05) is 32.0 Å². The highest BCUT2D eigenvalue weighted by atomic mass is 35.5. The Kier molecular flexibility index (Phi) is 7.33. The van der Waals surface area contributed by atoms with Gasteiger partial charge in [0.15, 0.2) is 0 Å². The zero-order chi connectivity index (χ0) is 15.4. The molecule has 0 bridgehead atoms. The van der Waals surface area contributed by atoms with Crippen molar-refractivity contribution in [3.05, 3.63) is 29.3 Å². The number of nitrogens with one attached hydrogen (secondary N) is 1. The summed E-state index contributed by atoms with van der Waals surface area (Å²) in [4.78, 5) is 14.5. The van der Waals surface area contributed by atoms with Gasteiger partial charge in [-0.05, 0) is 57.2 Å². The maximum absolute atomic E-state index is 12.3. The highest BCUT2D eigenvalue weighted by Crippen LogP contribution is 2.21. The van der Waals surface area contributed by atoms with Crippen molar-refractivity contribution in [1.82, 2.24) is 4.90 Å². The lowest BCUT2D eigenvalue weighted by atomic mass is 9.92. The van der Waals surface area contributed by atoms with Crippen LogP contribution in [0, 0.1) is 19.8 Å². The summed E-state index contributed by atoms with van der Waals surface area (Å²) in [7, 11) is 0. The zero-order valence-electron chi connectivity index (χ0n) is 13.8. The maximum atomic E-state index is 12.3. The minimum absolute atomic E-state index is 0. The lowest BCUT2D eigenvalue weighted by molar-refractivity contribution is -0.117. The fraction of sp³-hybridized carbons (Fsp3) is 0.588. The highest BCUT2D eigenvalue weighted by molar-refractivity contribution is 5.93. The standard InChI is InChI=1S/C17H27N3O.ClH/c1-12-6-4-7-13(2)17(12)19-16(21)11-20-9-5-8-15(10-20)14(3)18;/h4,6-7,14-15H,5,8-11,18H2,1-3H3,(H,19,21);1H. The largest absolute Gasteiger partial charge is 0.328 e. The number of carbonyl (C=O) groups is 1. The molecule has 0 saturated carbocycles. The third-order valence-electron chi connectivity index (χ3n) is 4.40. The number of halogens is 1. The van der Waals surface area contributed by atoms with Gasteiger partial charge < -0.3 is 11.1 Å². The van der Waals surface area contributed by atoms with E-state index in [9.17, 15) is 4.79 Å². The molecule has 1 saturated heterocycles. The van der Waals surface area contributed by atoms with Crippen molar-refractivity contribution >= 4 is 24.0 Å². The van der Waals surface area contributed by atoms with Gasteiger partial charge in [-0.3, -0.25) is 9.69 Å². The molecule has 2 atom stereocenters. The molecule has 1 aromatic carbocycles. The molecule has 2 rings (SSSR count). The number of carbonyl (C=O) groups excluding carboxylic acids is 1. The number of amides is 1. The number of piperidine rings is 1. The Balaban J connectivity index is 0.00000242. The molecule has 1 amide bonds. The first-order chi connectivity index (χ1) is 9.97. The lowest BCUT2D eigenvalue weighted by Crippen LogP contribution is -2.45. The van der Waals surface area contributed by atoms with Crippen molar-refractivity contribution in [2.75, 3.05) is 25.0 Å². The fourth-order valence-electron chi connectivity index (χ4n) is 3.06. The number of nitrogens with zero attached hydrogens (tertiary/aromatic N) is 1. The summed E-state index contributed by atoms with van der Waals surface area (Å²) in [6.07, 6.45) is 2.30. The van der Waals surface area contributed by atoms with Gasteiger partial charge in [-0.25, -0.2) is 0 Å². The molecular formula is C17H28ClN3O. The summed E-state index contributed by atoms with van der Waals surface area (Å²) in [5.74, 6) is 0.574. The van der Waals surface area contributed by atoms with Crippen LogP contribution in [0.15, 0.2) is 18.2 Å². The smallest absolute Gasteiger partial charge is 0.238 e. The predicted molar refractivity (Wildman–Crippen MR) is 94.6 cm³/mol. The number of hydrogen-bond acceptors (Lipinski definition) is 3. The summed E-state index contributed by atoms with van der Waals surface area (Å²) < 4.78 is 0. The van der Waals surface area contributed by atoms with Gasteiger partial charge in [-0.1, -0.05) is 18.2 Å². The quantitative estimate of drug-likeness (QED) is 0.895. The SMILES string of the molecule is Cc1cccc(C)c1NC(=O)CN1CCCC(C(C)N)C1.Cl. The van der Waals surface area contributed by atoms with Gasteiger partial charge in [0, 0.05) is 18.3 Å². The molecule has 124 valence electrons. The van der Waals surface area contributed by atoms with Crippen LogP contribution in [0.1, 0.15) is 30.9 Å². The second kappa shape index (κ2) is 8.51. The van der Waals surface area contributed by atoms with Crippen LogP contribution >= 0.6 is 12.4 Å². The van der Waals surface area contributed by atoms with Crippen LogP contribution in [0.25, 0.3) is 0 Å². The van der Waals surface area contributed by atoms with Gasteiger partial charge in [0.2, 0.25) is 5.91 Å². The number of hydrogen-bond donors (Lipinski definition) is 2. The van der Waals surface area contributed by atoms with Crippen molar-refractivity contribution in [3.63, 3.8) is 0 Å². The van der Waals surface area contributed by atoms with Crippen molar-refractivity contribution in [3.8, 4) is 0 Å². The Morgan fingerprint density at radius 2 is 2.05 bits per heavy atom. The summed E-state index contributed by atoms with van der Waals surface area (Å²) in [6, 6.07) is 6.26. The van der Waals surface area contributed by atoms with Gasteiger partial charge in [0.25, 0.3) is 0 Å². The molecule has 5 heteroatoms. The number of para-hydroxylation sites is 1. The summed E-state index contributed by atoms with van der Waals surface area (Å²) in [6.45, 7) is 8.48. The average molecular weight is 326 g/mol. The van der Waals surface area contributed by atoms with E-state index < -0.39 is 0 Å². The highest BCUT2D eigenvalue weighted by Gasteiger charge is 2.24. The molecule has 1 aromatic rings. The Morgan fingerprint density at radius 3 is 2.64 bits per heavy atom. The molecule has 0 radical (unpaired) electrons. The van der Waals surface area contributed by atoms with E-state index in [0.29, 0.717) is 12.5 Å². The van der Waals surface area contributed by atoms with E-state index in [2.05, 4.69) is 17.1 Å². The molecule has 1 heterocycles. The Morgan fingerprint density at radius 1 is 1.41 bits per heavy atom. The average Bonchev–Trinajstić information content (AvgIpc) is 2.43. The monoisotopic (exact) mass is 325 g/mol. The molecule has 3 N–H and O–H groups in total. The van der Waals surface area contributed by atoms with Gasteiger partial charge >= 0.3 is 0 Å². The van der Waals surface area contributed by atoms with Crippen LogP contribution < -0.4 is 11.1 Å².